The van der Waals surface area contributed by atoms with Crippen LogP contribution in [-0.4, -0.2) is 65.4 Å². The van der Waals surface area contributed by atoms with Gasteiger partial charge in [-0.25, -0.2) is 9.51 Å². The van der Waals surface area contributed by atoms with Crippen molar-refractivity contribution < 1.29 is 9.84 Å². The van der Waals surface area contributed by atoms with E-state index in [9.17, 15) is 5.11 Å². The Labute approximate surface area is 236 Å². The van der Waals surface area contributed by atoms with Crippen LogP contribution in [0.4, 0.5) is 11.4 Å². The number of unbranched alkanes of at least 4 members (excludes halogenated alkanes) is 1. The molecule has 1 saturated heterocycles. The number of amidine groups is 1. The predicted molar refractivity (Wildman–Crippen MR) is 163 cm³/mol. The average molecular weight is 541 g/mol. The van der Waals surface area contributed by atoms with E-state index in [4.69, 9.17) is 20.6 Å². The molecule has 3 heterocycles. The van der Waals surface area contributed by atoms with E-state index in [2.05, 4.69) is 60.8 Å². The lowest BCUT2D eigenvalue weighted by Gasteiger charge is -2.17. The molecule has 40 heavy (non-hydrogen) atoms. The summed E-state index contributed by atoms with van der Waals surface area (Å²) in [6.07, 6.45) is 8.88. The van der Waals surface area contributed by atoms with Crippen LogP contribution >= 0.6 is 0 Å². The highest BCUT2D eigenvalue weighted by Crippen LogP contribution is 2.33. The summed E-state index contributed by atoms with van der Waals surface area (Å²) in [5.74, 6) is 0.598. The zero-order valence-electron chi connectivity index (χ0n) is 23.7. The summed E-state index contributed by atoms with van der Waals surface area (Å²) in [6.45, 7) is 4.51. The summed E-state index contributed by atoms with van der Waals surface area (Å²) in [5, 5.41) is 18.4. The van der Waals surface area contributed by atoms with Crippen molar-refractivity contribution in [2.75, 3.05) is 39.2 Å². The Kier molecular flexibility index (Phi) is 8.67. The zero-order chi connectivity index (χ0) is 28.1. The van der Waals surface area contributed by atoms with Crippen molar-refractivity contribution in [1.82, 2.24) is 14.5 Å². The molecule has 5 rings (SSSR count). The van der Waals surface area contributed by atoms with Gasteiger partial charge in [-0.05, 0) is 93.7 Å². The third kappa shape index (κ3) is 6.29. The highest BCUT2D eigenvalue weighted by Gasteiger charge is 2.21. The number of nitrogens with zero attached hydrogens (tertiary/aromatic N) is 4. The molecule has 0 bridgehead atoms. The van der Waals surface area contributed by atoms with Crippen molar-refractivity contribution in [3.8, 4) is 16.9 Å². The number of rotatable bonds is 11. The predicted octanol–water partition coefficient (Wildman–Crippen LogP) is 5.39. The van der Waals surface area contributed by atoms with Crippen molar-refractivity contribution in [2.24, 2.45) is 10.7 Å². The summed E-state index contributed by atoms with van der Waals surface area (Å²) in [7, 11) is 4.24. The van der Waals surface area contributed by atoms with Crippen LogP contribution in [0, 0.1) is 0 Å². The number of ether oxygens (including phenoxy) is 1. The number of fused-ring (bicyclic) bond motifs is 1. The number of aliphatic imine (C=N–C) groups is 1. The number of hydrogen-bond acceptors (Lipinski definition) is 6. The lowest BCUT2D eigenvalue weighted by atomic mass is 9.97. The standard InChI is InChI=1S/C32H40N6O2/c1-4-22-17-26(39)12-13-29(22)36-32(33)28-19-34-38-20-24(18-30(38)31(28)35-25-14-16-40-21-25)27-11-6-5-9-23(27)10-7-8-15-37(2)3/h5-6,9,11-13,17-20,25,35,39H,4,7-8,10,14-16,21H2,1-3H3,(H2,33,36)/t25-/m0/s1. The molecule has 1 fully saturated rings. The van der Waals surface area contributed by atoms with Gasteiger partial charge in [0.1, 0.15) is 11.6 Å². The van der Waals surface area contributed by atoms with Crippen LogP contribution in [0.3, 0.4) is 0 Å². The second-order valence-corrected chi connectivity index (χ2v) is 10.8. The summed E-state index contributed by atoms with van der Waals surface area (Å²) in [4.78, 5) is 7.01. The molecule has 0 aliphatic carbocycles. The summed E-state index contributed by atoms with van der Waals surface area (Å²) in [5.41, 5.74) is 14.6. The Morgan fingerprint density at radius 2 is 2.02 bits per heavy atom. The summed E-state index contributed by atoms with van der Waals surface area (Å²) >= 11 is 0. The number of aromatic hydroxyl groups is 1. The number of aryl methyl sites for hydroxylation is 2. The van der Waals surface area contributed by atoms with Crippen LogP contribution in [0.15, 0.2) is 65.9 Å². The molecular formula is C32H40N6O2. The second kappa shape index (κ2) is 12.5. The molecule has 4 aromatic rings. The topological polar surface area (TPSA) is 100 Å². The molecule has 0 unspecified atom stereocenters. The number of benzene rings is 2. The van der Waals surface area contributed by atoms with Crippen molar-refractivity contribution in [3.05, 3.63) is 77.6 Å². The monoisotopic (exact) mass is 540 g/mol. The number of aromatic nitrogens is 2. The first-order valence-corrected chi connectivity index (χ1v) is 14.2. The van der Waals surface area contributed by atoms with Crippen molar-refractivity contribution in [1.29, 1.82) is 0 Å². The van der Waals surface area contributed by atoms with Gasteiger partial charge in [0.25, 0.3) is 0 Å². The summed E-state index contributed by atoms with van der Waals surface area (Å²) < 4.78 is 7.58. The fourth-order valence-corrected chi connectivity index (χ4v) is 5.32. The zero-order valence-corrected chi connectivity index (χ0v) is 23.7. The van der Waals surface area contributed by atoms with Gasteiger partial charge in [0.15, 0.2) is 0 Å². The van der Waals surface area contributed by atoms with Crippen molar-refractivity contribution in [3.63, 3.8) is 0 Å². The number of phenolic OH excluding ortho intramolecular Hbond substituents is 1. The van der Waals surface area contributed by atoms with Gasteiger partial charge >= 0.3 is 0 Å². The average Bonchev–Trinajstić information content (AvgIpc) is 3.62. The van der Waals surface area contributed by atoms with Gasteiger partial charge in [-0.15, -0.1) is 0 Å². The third-order valence-electron chi connectivity index (χ3n) is 7.51. The molecular weight excluding hydrogens is 500 g/mol. The van der Waals surface area contributed by atoms with Crippen LogP contribution < -0.4 is 11.1 Å². The molecule has 1 aliphatic rings. The number of phenols is 1. The van der Waals surface area contributed by atoms with Gasteiger partial charge in [0.2, 0.25) is 0 Å². The van der Waals surface area contributed by atoms with E-state index in [0.29, 0.717) is 12.4 Å². The molecule has 8 heteroatoms. The SMILES string of the molecule is CCc1cc(O)ccc1/N=C(\N)c1cnn2cc(-c3ccccc3CCCCN(C)C)cc2c1N[C@H]1CCOC1. The van der Waals surface area contributed by atoms with Gasteiger partial charge in [0, 0.05) is 18.4 Å². The molecule has 1 atom stereocenters. The summed E-state index contributed by atoms with van der Waals surface area (Å²) in [6, 6.07) is 16.2. The Morgan fingerprint density at radius 1 is 1.18 bits per heavy atom. The minimum atomic E-state index is 0.181. The van der Waals surface area contributed by atoms with Crippen molar-refractivity contribution >= 4 is 22.7 Å². The maximum Gasteiger partial charge on any atom is 0.135 e. The second-order valence-electron chi connectivity index (χ2n) is 10.8. The molecule has 4 N–H and O–H groups in total. The highest BCUT2D eigenvalue weighted by molar-refractivity contribution is 6.06. The molecule has 2 aromatic heterocycles. The minimum Gasteiger partial charge on any atom is -0.508 e. The number of nitrogens with one attached hydrogen (secondary N) is 1. The maximum absolute atomic E-state index is 9.92. The van der Waals surface area contributed by atoms with Crippen LogP contribution in [0.1, 0.15) is 42.9 Å². The maximum atomic E-state index is 9.92. The van der Waals surface area contributed by atoms with Gasteiger partial charge in [0.05, 0.1) is 41.3 Å². The molecule has 0 spiro atoms. The Balaban J connectivity index is 1.54. The molecule has 210 valence electrons. The fraction of sp³-hybridized carbons (Fsp3) is 0.375. The lowest BCUT2D eigenvalue weighted by Crippen LogP contribution is -2.24. The van der Waals surface area contributed by atoms with Gasteiger partial charge < -0.3 is 25.8 Å². The molecule has 0 radical (unpaired) electrons. The normalized spacial score (nSPS) is 15.8. The lowest BCUT2D eigenvalue weighted by molar-refractivity contribution is 0.195. The van der Waals surface area contributed by atoms with Crippen LogP contribution in [0.2, 0.25) is 0 Å². The number of nitrogens with two attached hydrogens (primary N) is 1. The van der Waals surface area contributed by atoms with Gasteiger partial charge in [-0.2, -0.15) is 5.10 Å². The first-order valence-electron chi connectivity index (χ1n) is 14.2. The van der Waals surface area contributed by atoms with Crippen LogP contribution in [-0.2, 0) is 17.6 Å². The van der Waals surface area contributed by atoms with Gasteiger partial charge in [-0.1, -0.05) is 31.2 Å². The van der Waals surface area contributed by atoms with Crippen LogP contribution in [0.5, 0.6) is 5.75 Å². The van der Waals surface area contributed by atoms with E-state index < -0.39 is 0 Å². The first kappa shape index (κ1) is 27.7. The van der Waals surface area contributed by atoms with E-state index in [-0.39, 0.29) is 11.8 Å². The first-order chi connectivity index (χ1) is 19.4. The van der Waals surface area contributed by atoms with E-state index in [0.717, 1.165) is 72.4 Å². The molecule has 0 saturated carbocycles. The molecule has 1 aliphatic heterocycles. The molecule has 8 nitrogen and oxygen atoms in total. The van der Waals surface area contributed by atoms with Gasteiger partial charge in [-0.3, -0.25) is 0 Å². The quantitative estimate of drug-likeness (QED) is 0.134. The Morgan fingerprint density at radius 3 is 2.80 bits per heavy atom. The van der Waals surface area contributed by atoms with E-state index in [1.807, 2.05) is 11.4 Å². The number of hydrogen-bond donors (Lipinski definition) is 3. The Bertz CT molecular complexity index is 1490. The highest BCUT2D eigenvalue weighted by atomic mass is 16.5. The van der Waals surface area contributed by atoms with Crippen molar-refractivity contribution in [2.45, 2.75) is 45.1 Å². The van der Waals surface area contributed by atoms with E-state index in [1.54, 1.807) is 24.4 Å². The third-order valence-corrected chi connectivity index (χ3v) is 7.51. The van der Waals surface area contributed by atoms with Crippen LogP contribution in [0.25, 0.3) is 16.6 Å². The molecule has 2 aromatic carbocycles. The van der Waals surface area contributed by atoms with E-state index >= 15 is 0 Å². The molecule has 0 amide bonds. The number of anilines is 1. The van der Waals surface area contributed by atoms with E-state index in [1.165, 1.54) is 17.5 Å². The Hall–Kier alpha value is -3.88. The largest absolute Gasteiger partial charge is 0.508 e. The smallest absolute Gasteiger partial charge is 0.135 e. The fourth-order valence-electron chi connectivity index (χ4n) is 5.32. The minimum absolute atomic E-state index is 0.181.